The van der Waals surface area contributed by atoms with Crippen LogP contribution in [0, 0.1) is 0 Å². The Kier molecular flexibility index (Phi) is 1.85. The summed E-state index contributed by atoms with van der Waals surface area (Å²) in [5, 5.41) is 4.25. The number of benzene rings is 1. The van der Waals surface area contributed by atoms with Gasteiger partial charge in [-0.15, -0.1) is 0 Å². The molecule has 1 aromatic heterocycles. The maximum Gasteiger partial charge on any atom is 0.287 e. The number of nitrogens with two attached hydrogens (primary N) is 1. The molecular formula is C9H8N2O3. The number of carbonyl (C=O) groups is 1. The Morgan fingerprint density at radius 1 is 1.57 bits per heavy atom. The predicted octanol–water partition coefficient (Wildman–Crippen LogP) is 0.935. The molecule has 0 unspecified atom stereocenters. The van der Waals surface area contributed by atoms with Crippen LogP contribution >= 0.6 is 0 Å². The zero-order valence-corrected chi connectivity index (χ0v) is 7.48. The summed E-state index contributed by atoms with van der Waals surface area (Å²) in [5.74, 6) is 0.0443. The average molecular weight is 192 g/mol. The van der Waals surface area contributed by atoms with Gasteiger partial charge in [-0.05, 0) is 18.2 Å². The molecule has 72 valence electrons. The van der Waals surface area contributed by atoms with Crippen LogP contribution < -0.4 is 10.5 Å². The first-order chi connectivity index (χ1) is 6.72. The van der Waals surface area contributed by atoms with Crippen molar-refractivity contribution in [2.75, 3.05) is 7.11 Å². The van der Waals surface area contributed by atoms with Gasteiger partial charge in [0, 0.05) is 0 Å². The van der Waals surface area contributed by atoms with E-state index in [1.807, 2.05) is 0 Å². The van der Waals surface area contributed by atoms with E-state index in [1.54, 1.807) is 25.3 Å². The van der Waals surface area contributed by atoms with Crippen molar-refractivity contribution in [3.63, 3.8) is 0 Å². The van der Waals surface area contributed by atoms with E-state index in [1.165, 1.54) is 0 Å². The number of methoxy groups -OCH3 is 1. The Morgan fingerprint density at radius 2 is 2.36 bits per heavy atom. The van der Waals surface area contributed by atoms with E-state index < -0.39 is 5.91 Å². The fourth-order valence-corrected chi connectivity index (χ4v) is 1.23. The second-order valence-corrected chi connectivity index (χ2v) is 2.76. The van der Waals surface area contributed by atoms with E-state index >= 15 is 0 Å². The van der Waals surface area contributed by atoms with Crippen molar-refractivity contribution in [2.45, 2.75) is 0 Å². The van der Waals surface area contributed by atoms with Gasteiger partial charge in [0.05, 0.1) is 12.5 Å². The molecule has 0 saturated heterocycles. The number of nitrogens with zero attached hydrogens (tertiary/aromatic N) is 1. The standard InChI is InChI=1S/C9H8N2O3/c1-13-5-2-3-7-6(4-5)8(9(10)12)14-11-7/h2-4H,1H3,(H2,10,12). The highest BCUT2D eigenvalue weighted by atomic mass is 16.5. The topological polar surface area (TPSA) is 78.3 Å². The highest BCUT2D eigenvalue weighted by Crippen LogP contribution is 2.22. The fraction of sp³-hybridized carbons (Fsp3) is 0.111. The quantitative estimate of drug-likeness (QED) is 0.767. The smallest absolute Gasteiger partial charge is 0.287 e. The SMILES string of the molecule is COc1ccc2noc(C(N)=O)c2c1. The third-order valence-electron chi connectivity index (χ3n) is 1.91. The minimum absolute atomic E-state index is 0.0545. The van der Waals surface area contributed by atoms with E-state index in [9.17, 15) is 4.79 Å². The molecule has 0 aliphatic rings. The van der Waals surface area contributed by atoms with Crippen molar-refractivity contribution >= 4 is 16.8 Å². The van der Waals surface area contributed by atoms with Gasteiger partial charge in [-0.2, -0.15) is 0 Å². The number of fused-ring (bicyclic) bond motifs is 1. The van der Waals surface area contributed by atoms with Gasteiger partial charge in [0.25, 0.3) is 5.91 Å². The van der Waals surface area contributed by atoms with Crippen molar-refractivity contribution in [1.29, 1.82) is 0 Å². The summed E-state index contributed by atoms with van der Waals surface area (Å²) in [6.45, 7) is 0. The van der Waals surface area contributed by atoms with Crippen LogP contribution in [-0.4, -0.2) is 18.2 Å². The molecule has 2 N–H and O–H groups in total. The van der Waals surface area contributed by atoms with E-state index in [-0.39, 0.29) is 5.76 Å². The number of hydrogen-bond donors (Lipinski definition) is 1. The van der Waals surface area contributed by atoms with Gasteiger partial charge in [0.1, 0.15) is 11.3 Å². The summed E-state index contributed by atoms with van der Waals surface area (Å²) in [7, 11) is 1.54. The van der Waals surface area contributed by atoms with Gasteiger partial charge in [-0.1, -0.05) is 5.16 Å². The number of aromatic nitrogens is 1. The zero-order valence-electron chi connectivity index (χ0n) is 7.48. The molecule has 5 nitrogen and oxygen atoms in total. The molecule has 2 aromatic rings. The lowest BCUT2D eigenvalue weighted by molar-refractivity contribution is 0.0967. The minimum atomic E-state index is -0.638. The largest absolute Gasteiger partial charge is 0.497 e. The molecule has 0 aliphatic carbocycles. The van der Waals surface area contributed by atoms with Crippen LogP contribution in [0.1, 0.15) is 10.6 Å². The molecule has 0 spiro atoms. The summed E-state index contributed by atoms with van der Waals surface area (Å²) >= 11 is 0. The maximum atomic E-state index is 10.9. The Labute approximate surface area is 79.4 Å². The normalized spacial score (nSPS) is 10.4. The predicted molar refractivity (Wildman–Crippen MR) is 49.1 cm³/mol. The third-order valence-corrected chi connectivity index (χ3v) is 1.91. The first-order valence-corrected chi connectivity index (χ1v) is 3.95. The van der Waals surface area contributed by atoms with Gasteiger partial charge in [-0.25, -0.2) is 0 Å². The molecule has 0 radical (unpaired) electrons. The molecule has 2 rings (SSSR count). The number of ether oxygens (including phenoxy) is 1. The Balaban J connectivity index is 2.69. The molecule has 0 fully saturated rings. The Hall–Kier alpha value is -2.04. The average Bonchev–Trinajstić information content (AvgIpc) is 2.59. The van der Waals surface area contributed by atoms with Gasteiger partial charge in [0.15, 0.2) is 0 Å². The van der Waals surface area contributed by atoms with Crippen LogP contribution in [0.3, 0.4) is 0 Å². The van der Waals surface area contributed by atoms with Gasteiger partial charge in [-0.3, -0.25) is 4.79 Å². The van der Waals surface area contributed by atoms with E-state index in [0.717, 1.165) is 0 Å². The van der Waals surface area contributed by atoms with Crippen LogP contribution in [0.4, 0.5) is 0 Å². The molecule has 0 aliphatic heterocycles. The number of rotatable bonds is 2. The first kappa shape index (κ1) is 8.55. The molecule has 14 heavy (non-hydrogen) atoms. The van der Waals surface area contributed by atoms with Crippen molar-refractivity contribution in [1.82, 2.24) is 5.16 Å². The summed E-state index contributed by atoms with van der Waals surface area (Å²) in [4.78, 5) is 10.9. The second-order valence-electron chi connectivity index (χ2n) is 2.76. The first-order valence-electron chi connectivity index (χ1n) is 3.95. The minimum Gasteiger partial charge on any atom is -0.497 e. The molecule has 5 heteroatoms. The van der Waals surface area contributed by atoms with E-state index in [4.69, 9.17) is 15.0 Å². The van der Waals surface area contributed by atoms with Crippen molar-refractivity contribution < 1.29 is 14.1 Å². The molecule has 1 aromatic carbocycles. The van der Waals surface area contributed by atoms with Crippen LogP contribution in [0.25, 0.3) is 10.9 Å². The highest BCUT2D eigenvalue weighted by molar-refractivity contribution is 6.03. The molecular weight excluding hydrogens is 184 g/mol. The van der Waals surface area contributed by atoms with Gasteiger partial charge in [0.2, 0.25) is 5.76 Å². The van der Waals surface area contributed by atoms with Crippen LogP contribution in [0.5, 0.6) is 5.75 Å². The maximum absolute atomic E-state index is 10.9. The number of hydrogen-bond acceptors (Lipinski definition) is 4. The number of primary amides is 1. The summed E-state index contributed by atoms with van der Waals surface area (Å²) in [6, 6.07) is 5.09. The van der Waals surface area contributed by atoms with Crippen LogP contribution in [-0.2, 0) is 0 Å². The second kappa shape index (κ2) is 3.02. The van der Waals surface area contributed by atoms with E-state index in [0.29, 0.717) is 16.7 Å². The van der Waals surface area contributed by atoms with Gasteiger partial charge >= 0.3 is 0 Å². The summed E-state index contributed by atoms with van der Waals surface area (Å²) in [6.07, 6.45) is 0. The molecule has 1 amide bonds. The molecule has 0 bridgehead atoms. The summed E-state index contributed by atoms with van der Waals surface area (Å²) < 4.78 is 9.80. The van der Waals surface area contributed by atoms with Crippen LogP contribution in [0.15, 0.2) is 22.7 Å². The summed E-state index contributed by atoms with van der Waals surface area (Å²) in [5.41, 5.74) is 5.69. The van der Waals surface area contributed by atoms with E-state index in [2.05, 4.69) is 5.16 Å². The lowest BCUT2D eigenvalue weighted by Crippen LogP contribution is -2.09. The Morgan fingerprint density at radius 3 is 3.00 bits per heavy atom. The van der Waals surface area contributed by atoms with Crippen molar-refractivity contribution in [2.24, 2.45) is 5.73 Å². The van der Waals surface area contributed by atoms with Gasteiger partial charge < -0.3 is 15.0 Å². The van der Waals surface area contributed by atoms with Crippen LogP contribution in [0.2, 0.25) is 0 Å². The lowest BCUT2D eigenvalue weighted by atomic mass is 10.2. The fourth-order valence-electron chi connectivity index (χ4n) is 1.23. The lowest BCUT2D eigenvalue weighted by Gasteiger charge is -1.97. The third kappa shape index (κ3) is 1.19. The zero-order chi connectivity index (χ0) is 10.1. The number of carbonyl (C=O) groups excluding carboxylic acids is 1. The monoisotopic (exact) mass is 192 g/mol. The molecule has 1 heterocycles. The van der Waals surface area contributed by atoms with Crippen molar-refractivity contribution in [3.8, 4) is 5.75 Å². The van der Waals surface area contributed by atoms with Crippen molar-refractivity contribution in [3.05, 3.63) is 24.0 Å². The molecule has 0 saturated carbocycles. The highest BCUT2D eigenvalue weighted by Gasteiger charge is 2.13. The Bertz CT molecular complexity index is 490. The molecule has 0 atom stereocenters. The number of amides is 1.